The van der Waals surface area contributed by atoms with E-state index in [1.165, 1.54) is 6.42 Å². The predicted octanol–water partition coefficient (Wildman–Crippen LogP) is 2.85. The number of aromatic amines is 1. The second kappa shape index (κ2) is 8.42. The molecule has 0 spiro atoms. The van der Waals surface area contributed by atoms with Gasteiger partial charge in [-0.3, -0.25) is 14.0 Å². The molecule has 1 saturated heterocycles. The van der Waals surface area contributed by atoms with Crippen LogP contribution in [0.15, 0.2) is 23.0 Å². The molecule has 164 valence electrons. The number of hydrogen-bond donors (Lipinski definition) is 2. The first-order valence-electron chi connectivity index (χ1n) is 11.5. The van der Waals surface area contributed by atoms with Crippen LogP contribution in [0.3, 0.4) is 0 Å². The fraction of sp³-hybridized carbons (Fsp3) is 0.565. The van der Waals surface area contributed by atoms with Crippen molar-refractivity contribution in [2.45, 2.75) is 57.3 Å². The molecule has 2 N–H and O–H groups in total. The van der Waals surface area contributed by atoms with Crippen LogP contribution in [0.4, 0.5) is 0 Å². The van der Waals surface area contributed by atoms with E-state index in [0.717, 1.165) is 56.3 Å². The Morgan fingerprint density at radius 3 is 2.61 bits per heavy atom. The Balaban J connectivity index is 1.52. The van der Waals surface area contributed by atoms with Crippen molar-refractivity contribution in [1.29, 1.82) is 0 Å². The van der Waals surface area contributed by atoms with Gasteiger partial charge in [0.15, 0.2) is 0 Å². The first-order chi connectivity index (χ1) is 15.2. The molecule has 0 radical (unpaired) electrons. The van der Waals surface area contributed by atoms with E-state index in [-0.39, 0.29) is 18.1 Å². The Labute approximate surface area is 180 Å². The Kier molecular flexibility index (Phi) is 5.48. The number of carbonyl (C=O) groups is 1. The number of amides is 1. The molecule has 0 unspecified atom stereocenters. The Bertz CT molecular complexity index is 1150. The van der Waals surface area contributed by atoms with Gasteiger partial charge in [-0.2, -0.15) is 0 Å². The van der Waals surface area contributed by atoms with Crippen LogP contribution in [0.1, 0.15) is 73.5 Å². The molecule has 8 nitrogen and oxygen atoms in total. The summed E-state index contributed by atoms with van der Waals surface area (Å²) in [6.45, 7) is 1.63. The van der Waals surface area contributed by atoms with Crippen LogP contribution in [0.2, 0.25) is 0 Å². The highest BCUT2D eigenvalue weighted by molar-refractivity contribution is 5.97. The number of aliphatic hydroxyl groups excluding tert-OH is 1. The number of rotatable bonds is 4. The molecule has 1 amide bonds. The summed E-state index contributed by atoms with van der Waals surface area (Å²) in [5.41, 5.74) is 2.12. The molecule has 3 aromatic rings. The van der Waals surface area contributed by atoms with Gasteiger partial charge in [-0.05, 0) is 56.2 Å². The second-order valence-electron chi connectivity index (χ2n) is 8.99. The molecular weight excluding hydrogens is 394 g/mol. The number of likely N-dealkylation sites (tertiary alicyclic amines) is 1. The summed E-state index contributed by atoms with van der Waals surface area (Å²) in [4.78, 5) is 30.5. The maximum atomic E-state index is 13.2. The number of piperidine rings is 1. The first-order valence-corrected chi connectivity index (χ1v) is 11.5. The van der Waals surface area contributed by atoms with Crippen molar-refractivity contribution in [3.05, 3.63) is 39.9 Å². The first kappa shape index (κ1) is 20.2. The molecule has 2 aromatic heterocycles. The second-order valence-corrected chi connectivity index (χ2v) is 8.99. The van der Waals surface area contributed by atoms with Crippen LogP contribution in [0.25, 0.3) is 16.7 Å². The van der Waals surface area contributed by atoms with Crippen molar-refractivity contribution < 1.29 is 9.90 Å². The number of benzene rings is 1. The number of fused-ring (bicyclic) bond motifs is 3. The van der Waals surface area contributed by atoms with Gasteiger partial charge in [0, 0.05) is 31.2 Å². The minimum atomic E-state index is -0.257. The van der Waals surface area contributed by atoms with Crippen molar-refractivity contribution in [3.63, 3.8) is 0 Å². The monoisotopic (exact) mass is 423 g/mol. The third kappa shape index (κ3) is 3.73. The highest BCUT2D eigenvalue weighted by atomic mass is 16.3. The predicted molar refractivity (Wildman–Crippen MR) is 117 cm³/mol. The summed E-state index contributed by atoms with van der Waals surface area (Å²) >= 11 is 0. The van der Waals surface area contributed by atoms with Gasteiger partial charge in [-0.25, -0.2) is 0 Å². The molecule has 5 rings (SSSR count). The summed E-state index contributed by atoms with van der Waals surface area (Å²) in [6, 6.07) is 5.47. The van der Waals surface area contributed by atoms with Crippen LogP contribution in [-0.2, 0) is 0 Å². The van der Waals surface area contributed by atoms with E-state index in [9.17, 15) is 9.59 Å². The summed E-state index contributed by atoms with van der Waals surface area (Å²) in [6.07, 6.45) is 8.33. The van der Waals surface area contributed by atoms with E-state index in [1.54, 1.807) is 6.07 Å². The van der Waals surface area contributed by atoms with Gasteiger partial charge in [-0.1, -0.05) is 19.3 Å². The topological polar surface area (TPSA) is 104 Å². The molecule has 2 fully saturated rings. The number of H-pyrrole nitrogens is 1. The SMILES string of the molecule is O=C(c1ccc2[nH]c(=O)c3nnc(C4CCCCC4)n3c2c1)N1CCC(CCO)CC1. The lowest BCUT2D eigenvalue weighted by Gasteiger charge is -2.31. The van der Waals surface area contributed by atoms with E-state index in [0.29, 0.717) is 41.7 Å². The highest BCUT2D eigenvalue weighted by Crippen LogP contribution is 2.32. The molecule has 31 heavy (non-hydrogen) atoms. The number of nitrogens with one attached hydrogen (secondary N) is 1. The van der Waals surface area contributed by atoms with E-state index in [1.807, 2.05) is 21.4 Å². The maximum absolute atomic E-state index is 13.2. The van der Waals surface area contributed by atoms with Crippen LogP contribution in [-0.4, -0.2) is 55.2 Å². The number of aliphatic hydroxyl groups is 1. The van der Waals surface area contributed by atoms with E-state index >= 15 is 0 Å². The van der Waals surface area contributed by atoms with Gasteiger partial charge in [0.25, 0.3) is 11.5 Å². The lowest BCUT2D eigenvalue weighted by atomic mass is 9.89. The van der Waals surface area contributed by atoms with Gasteiger partial charge in [-0.15, -0.1) is 10.2 Å². The number of carbonyl (C=O) groups excluding carboxylic acids is 1. The smallest absolute Gasteiger partial charge is 0.294 e. The lowest BCUT2D eigenvalue weighted by Crippen LogP contribution is -2.38. The zero-order chi connectivity index (χ0) is 21.4. The minimum Gasteiger partial charge on any atom is -0.396 e. The largest absolute Gasteiger partial charge is 0.396 e. The van der Waals surface area contributed by atoms with E-state index in [4.69, 9.17) is 5.11 Å². The van der Waals surface area contributed by atoms with Gasteiger partial charge >= 0.3 is 0 Å². The quantitative estimate of drug-likeness (QED) is 0.672. The average Bonchev–Trinajstić information content (AvgIpc) is 3.26. The molecule has 8 heteroatoms. The number of aromatic nitrogens is 4. The number of hydrogen-bond acceptors (Lipinski definition) is 5. The highest BCUT2D eigenvalue weighted by Gasteiger charge is 2.26. The van der Waals surface area contributed by atoms with Crippen molar-refractivity contribution >= 4 is 22.6 Å². The molecule has 3 heterocycles. The Hall–Kier alpha value is -2.74. The van der Waals surface area contributed by atoms with E-state index in [2.05, 4.69) is 15.2 Å². The van der Waals surface area contributed by atoms with Crippen LogP contribution < -0.4 is 5.56 Å². The van der Waals surface area contributed by atoms with Gasteiger partial charge in [0.1, 0.15) is 5.82 Å². The summed E-state index contributed by atoms with van der Waals surface area (Å²) in [7, 11) is 0. The van der Waals surface area contributed by atoms with Crippen molar-refractivity contribution in [2.24, 2.45) is 5.92 Å². The normalized spacial score (nSPS) is 18.8. The Morgan fingerprint density at radius 1 is 1.10 bits per heavy atom. The fourth-order valence-electron chi connectivity index (χ4n) is 5.23. The molecule has 0 bridgehead atoms. The lowest BCUT2D eigenvalue weighted by molar-refractivity contribution is 0.0678. The molecule has 1 saturated carbocycles. The molecule has 1 aliphatic heterocycles. The molecule has 0 atom stereocenters. The van der Waals surface area contributed by atoms with Gasteiger partial charge < -0.3 is 15.0 Å². The molecular formula is C23H29N5O3. The molecule has 1 aliphatic carbocycles. The Morgan fingerprint density at radius 2 is 1.87 bits per heavy atom. The summed E-state index contributed by atoms with van der Waals surface area (Å²) in [5.74, 6) is 1.63. The third-order valence-electron chi connectivity index (χ3n) is 7.03. The van der Waals surface area contributed by atoms with Crippen molar-refractivity contribution in [2.75, 3.05) is 19.7 Å². The van der Waals surface area contributed by atoms with E-state index < -0.39 is 0 Å². The zero-order valence-corrected chi connectivity index (χ0v) is 17.7. The fourth-order valence-corrected chi connectivity index (χ4v) is 5.23. The zero-order valence-electron chi connectivity index (χ0n) is 17.7. The minimum absolute atomic E-state index is 0.0102. The summed E-state index contributed by atoms with van der Waals surface area (Å²) < 4.78 is 1.87. The van der Waals surface area contributed by atoms with Crippen molar-refractivity contribution in [1.82, 2.24) is 24.5 Å². The maximum Gasteiger partial charge on any atom is 0.294 e. The third-order valence-corrected chi connectivity index (χ3v) is 7.03. The molecule has 1 aromatic carbocycles. The van der Waals surface area contributed by atoms with Crippen LogP contribution >= 0.6 is 0 Å². The van der Waals surface area contributed by atoms with Crippen LogP contribution in [0, 0.1) is 5.92 Å². The van der Waals surface area contributed by atoms with Gasteiger partial charge in [0.2, 0.25) is 5.65 Å². The molecule has 2 aliphatic rings. The van der Waals surface area contributed by atoms with Crippen molar-refractivity contribution in [3.8, 4) is 0 Å². The van der Waals surface area contributed by atoms with Gasteiger partial charge in [0.05, 0.1) is 11.0 Å². The average molecular weight is 424 g/mol. The van der Waals surface area contributed by atoms with Crippen LogP contribution in [0.5, 0.6) is 0 Å². The summed E-state index contributed by atoms with van der Waals surface area (Å²) in [5, 5.41) is 17.7. The number of nitrogens with zero attached hydrogens (tertiary/aromatic N) is 4. The standard InChI is InChI=1S/C23H29N5O3/c29-13-10-15-8-11-27(12-9-15)23(31)17-6-7-18-19(14-17)28-20(16-4-2-1-3-5-16)25-26-21(28)22(30)24-18/h6-7,14-16,29H,1-5,8-13H2,(H,24,30).